The number of benzene rings is 2. The third-order valence-corrected chi connectivity index (χ3v) is 8.73. The number of nitrogens with zero attached hydrogens (tertiary/aromatic N) is 1. The van der Waals surface area contributed by atoms with Gasteiger partial charge in [-0.3, -0.25) is 4.79 Å². The molecule has 1 aliphatic heterocycles. The Kier molecular flexibility index (Phi) is 7.65. The molecule has 1 fully saturated rings. The molecule has 1 N–H and O–H groups in total. The summed E-state index contributed by atoms with van der Waals surface area (Å²) >= 11 is 5.96. The molecular formula is C22H27ClN2O5S2. The zero-order valence-electron chi connectivity index (χ0n) is 18.0. The summed E-state index contributed by atoms with van der Waals surface area (Å²) < 4.78 is 50.4. The van der Waals surface area contributed by atoms with Crippen LogP contribution < -0.4 is 5.32 Å². The summed E-state index contributed by atoms with van der Waals surface area (Å²) in [7, 11) is -6.87. The molecule has 0 aromatic heterocycles. The van der Waals surface area contributed by atoms with Gasteiger partial charge in [-0.05, 0) is 55.2 Å². The van der Waals surface area contributed by atoms with Gasteiger partial charge in [-0.2, -0.15) is 0 Å². The first-order valence-electron chi connectivity index (χ1n) is 10.3. The highest BCUT2D eigenvalue weighted by atomic mass is 35.5. The van der Waals surface area contributed by atoms with Gasteiger partial charge in [0.2, 0.25) is 15.9 Å². The van der Waals surface area contributed by atoms with Crippen molar-refractivity contribution >= 4 is 37.4 Å². The lowest BCUT2D eigenvalue weighted by Gasteiger charge is -2.32. The summed E-state index contributed by atoms with van der Waals surface area (Å²) in [5, 5.41) is 3.40. The summed E-state index contributed by atoms with van der Waals surface area (Å²) in [6, 6.07) is 12.8. The Balaban J connectivity index is 1.63. The third kappa shape index (κ3) is 6.31. The fourth-order valence-corrected chi connectivity index (χ4v) is 6.20. The van der Waals surface area contributed by atoms with Crippen LogP contribution in [0.1, 0.15) is 36.9 Å². The molecule has 1 amide bonds. The molecule has 0 radical (unpaired) electrons. The van der Waals surface area contributed by atoms with Crippen molar-refractivity contribution in [1.82, 2.24) is 9.62 Å². The zero-order valence-corrected chi connectivity index (χ0v) is 20.4. The summed E-state index contributed by atoms with van der Waals surface area (Å²) in [5.74, 6) is -0.826. The summed E-state index contributed by atoms with van der Waals surface area (Å²) in [6.45, 7) is 2.33. The lowest BCUT2D eigenvalue weighted by Crippen LogP contribution is -2.46. The number of nitrogens with one attached hydrogen (secondary N) is 1. The maximum absolute atomic E-state index is 12.9. The molecule has 0 aliphatic carbocycles. The summed E-state index contributed by atoms with van der Waals surface area (Å²) in [5.41, 5.74) is 1.38. The number of hydrogen-bond donors (Lipinski definition) is 1. The van der Waals surface area contributed by atoms with E-state index in [1.165, 1.54) is 16.4 Å². The first-order chi connectivity index (χ1) is 15.0. The molecule has 7 nitrogen and oxygen atoms in total. The predicted molar refractivity (Wildman–Crippen MR) is 124 cm³/mol. The number of piperidine rings is 1. The van der Waals surface area contributed by atoms with Crippen molar-refractivity contribution in [2.24, 2.45) is 5.92 Å². The third-order valence-electron chi connectivity index (χ3n) is 5.55. The molecule has 174 valence electrons. The van der Waals surface area contributed by atoms with Crippen molar-refractivity contribution in [3.05, 3.63) is 64.7 Å². The van der Waals surface area contributed by atoms with E-state index in [0.29, 0.717) is 30.0 Å². The number of sulfonamides is 1. The van der Waals surface area contributed by atoms with E-state index in [1.54, 1.807) is 36.4 Å². The number of amides is 1. The summed E-state index contributed by atoms with van der Waals surface area (Å²) in [4.78, 5) is 13.1. The smallest absolute Gasteiger partial charge is 0.224 e. The molecule has 1 aliphatic rings. The number of hydrogen-bond acceptors (Lipinski definition) is 5. The fraction of sp³-hybridized carbons (Fsp3) is 0.409. The molecule has 2 atom stereocenters. The van der Waals surface area contributed by atoms with Crippen LogP contribution in [0.4, 0.5) is 0 Å². The van der Waals surface area contributed by atoms with Crippen LogP contribution in [0.15, 0.2) is 53.4 Å². The van der Waals surface area contributed by atoms with E-state index in [4.69, 9.17) is 11.6 Å². The van der Waals surface area contributed by atoms with Crippen LogP contribution in [0.3, 0.4) is 0 Å². The number of carbonyl (C=O) groups excluding carboxylic acids is 1. The van der Waals surface area contributed by atoms with Crippen LogP contribution in [-0.4, -0.2) is 46.4 Å². The van der Waals surface area contributed by atoms with E-state index in [0.717, 1.165) is 11.8 Å². The molecule has 0 spiro atoms. The summed E-state index contributed by atoms with van der Waals surface area (Å²) in [6.07, 6.45) is 2.35. The predicted octanol–water partition coefficient (Wildman–Crippen LogP) is 3.16. The molecule has 0 saturated carbocycles. The molecule has 1 heterocycles. The molecule has 2 aromatic carbocycles. The van der Waals surface area contributed by atoms with Gasteiger partial charge in [0, 0.05) is 24.4 Å². The average Bonchev–Trinajstić information content (AvgIpc) is 2.73. The average molecular weight is 499 g/mol. The van der Waals surface area contributed by atoms with Crippen LogP contribution >= 0.6 is 11.6 Å². The van der Waals surface area contributed by atoms with Crippen molar-refractivity contribution in [2.75, 3.05) is 19.3 Å². The van der Waals surface area contributed by atoms with Crippen molar-refractivity contribution < 1.29 is 21.6 Å². The Labute approximate surface area is 194 Å². The minimum absolute atomic E-state index is 0.133. The normalized spacial score (nSPS) is 18.8. The number of carbonyl (C=O) groups is 1. The number of halogens is 1. The first-order valence-corrected chi connectivity index (χ1v) is 14.2. The molecule has 2 aromatic rings. The van der Waals surface area contributed by atoms with E-state index in [-0.39, 0.29) is 29.1 Å². The standard InChI is InChI=1S/C22H27ClN2O5S2/c1-16(18-8-10-21(11-9-18)31(2,27)28)24-22(26)19-6-4-12-25(14-19)32(29,30)15-17-5-3-7-20(23)13-17/h3,5,7-11,13,16,19H,4,6,12,14-15H2,1-2H3,(H,24,26)/t16-,19+/m1/s1. The maximum Gasteiger partial charge on any atom is 0.224 e. The molecule has 1 saturated heterocycles. The molecule has 32 heavy (non-hydrogen) atoms. The van der Waals surface area contributed by atoms with Crippen LogP contribution in [0, 0.1) is 5.92 Å². The lowest BCUT2D eigenvalue weighted by molar-refractivity contribution is -0.126. The van der Waals surface area contributed by atoms with E-state index >= 15 is 0 Å². The molecule has 10 heteroatoms. The quantitative estimate of drug-likeness (QED) is 0.632. The minimum atomic E-state index is -3.58. The van der Waals surface area contributed by atoms with Gasteiger partial charge in [0.1, 0.15) is 0 Å². The van der Waals surface area contributed by atoms with Gasteiger partial charge in [0.15, 0.2) is 9.84 Å². The maximum atomic E-state index is 12.9. The second kappa shape index (κ2) is 9.91. The highest BCUT2D eigenvalue weighted by Gasteiger charge is 2.33. The van der Waals surface area contributed by atoms with Crippen LogP contribution in [0.25, 0.3) is 0 Å². The van der Waals surface area contributed by atoms with E-state index in [9.17, 15) is 21.6 Å². The number of rotatable bonds is 7. The Bertz CT molecular complexity index is 1180. The Morgan fingerprint density at radius 3 is 2.47 bits per heavy atom. The van der Waals surface area contributed by atoms with Crippen LogP contribution in [0.5, 0.6) is 0 Å². The number of sulfone groups is 1. The highest BCUT2D eigenvalue weighted by Crippen LogP contribution is 2.24. The second-order valence-corrected chi connectivity index (χ2v) is 12.6. The zero-order chi connectivity index (χ0) is 23.5. The van der Waals surface area contributed by atoms with Gasteiger partial charge >= 0.3 is 0 Å². The minimum Gasteiger partial charge on any atom is -0.349 e. The molecule has 3 rings (SSSR count). The van der Waals surface area contributed by atoms with Gasteiger partial charge in [-0.25, -0.2) is 21.1 Å². The fourth-order valence-electron chi connectivity index (χ4n) is 3.76. The largest absolute Gasteiger partial charge is 0.349 e. The van der Waals surface area contributed by atoms with E-state index < -0.39 is 25.8 Å². The van der Waals surface area contributed by atoms with Crippen molar-refractivity contribution in [3.63, 3.8) is 0 Å². The van der Waals surface area contributed by atoms with Gasteiger partial charge in [-0.15, -0.1) is 0 Å². The van der Waals surface area contributed by atoms with Gasteiger partial charge < -0.3 is 5.32 Å². The molecular weight excluding hydrogens is 472 g/mol. The highest BCUT2D eigenvalue weighted by molar-refractivity contribution is 7.90. The van der Waals surface area contributed by atoms with Gasteiger partial charge in [0.25, 0.3) is 0 Å². The second-order valence-electron chi connectivity index (χ2n) is 8.15. The monoisotopic (exact) mass is 498 g/mol. The molecule has 0 bridgehead atoms. The van der Waals surface area contributed by atoms with Gasteiger partial charge in [0.05, 0.1) is 22.6 Å². The van der Waals surface area contributed by atoms with Crippen molar-refractivity contribution in [2.45, 2.75) is 36.5 Å². The van der Waals surface area contributed by atoms with E-state index in [2.05, 4.69) is 5.32 Å². The SMILES string of the molecule is C[C@@H](NC(=O)[C@H]1CCCN(S(=O)(=O)Cc2cccc(Cl)c2)C1)c1ccc(S(C)(=O)=O)cc1. The Morgan fingerprint density at radius 1 is 1.16 bits per heavy atom. The van der Waals surface area contributed by atoms with E-state index in [1.807, 2.05) is 6.92 Å². The van der Waals surface area contributed by atoms with Crippen molar-refractivity contribution in [3.8, 4) is 0 Å². The topological polar surface area (TPSA) is 101 Å². The van der Waals surface area contributed by atoms with Crippen molar-refractivity contribution in [1.29, 1.82) is 0 Å². The Morgan fingerprint density at radius 2 is 1.84 bits per heavy atom. The molecule has 0 unspecified atom stereocenters. The Hall–Kier alpha value is -1.94. The lowest BCUT2D eigenvalue weighted by atomic mass is 9.98. The first kappa shape index (κ1) is 24.7. The van der Waals surface area contributed by atoms with Crippen LogP contribution in [0.2, 0.25) is 5.02 Å². The van der Waals surface area contributed by atoms with Gasteiger partial charge in [-0.1, -0.05) is 35.9 Å². The van der Waals surface area contributed by atoms with Crippen LogP contribution in [-0.2, 0) is 30.4 Å².